The van der Waals surface area contributed by atoms with Crippen molar-refractivity contribution in [1.29, 1.82) is 0 Å². The van der Waals surface area contributed by atoms with Crippen molar-refractivity contribution in [2.75, 3.05) is 6.26 Å². The summed E-state index contributed by atoms with van der Waals surface area (Å²) in [5, 5.41) is 0. The molecule has 2 aromatic rings. The lowest BCUT2D eigenvalue weighted by Gasteiger charge is -2.06. The fourth-order valence-electron chi connectivity index (χ4n) is 1.68. The molecule has 1 heterocycles. The molecule has 1 aromatic carbocycles. The Morgan fingerprint density at radius 1 is 1.05 bits per heavy atom. The van der Waals surface area contributed by atoms with Gasteiger partial charge in [-0.3, -0.25) is 4.98 Å². The second kappa shape index (κ2) is 6.48. The van der Waals surface area contributed by atoms with Crippen LogP contribution in [0.15, 0.2) is 47.5 Å². The smallest absolute Gasteiger partial charge is 0.175 e. The SMILES string of the molecule is CC.Cc1ncccc1-c1cccc(S(C)(=O)=O)c1. The van der Waals surface area contributed by atoms with Crippen molar-refractivity contribution >= 4 is 9.84 Å². The van der Waals surface area contributed by atoms with E-state index < -0.39 is 9.84 Å². The third-order valence-corrected chi connectivity index (χ3v) is 3.69. The fourth-order valence-corrected chi connectivity index (χ4v) is 2.35. The van der Waals surface area contributed by atoms with Gasteiger partial charge in [-0.05, 0) is 30.7 Å². The van der Waals surface area contributed by atoms with E-state index in [4.69, 9.17) is 0 Å². The standard InChI is InChI=1S/C13H13NO2S.C2H6/c1-10-13(7-4-8-14-10)11-5-3-6-12(9-11)17(2,15)16;1-2/h3-9H,1-2H3;1-2H3. The normalized spacial score (nSPS) is 10.5. The summed E-state index contributed by atoms with van der Waals surface area (Å²) in [6, 6.07) is 10.7. The number of aryl methyl sites for hydroxylation is 1. The molecule has 0 aliphatic rings. The minimum atomic E-state index is -3.17. The van der Waals surface area contributed by atoms with Crippen molar-refractivity contribution in [3.05, 3.63) is 48.3 Å². The van der Waals surface area contributed by atoms with E-state index in [2.05, 4.69) is 4.98 Å². The number of hydrogen-bond acceptors (Lipinski definition) is 3. The molecule has 0 saturated carbocycles. The van der Waals surface area contributed by atoms with Crippen LogP contribution in [0, 0.1) is 6.92 Å². The monoisotopic (exact) mass is 277 g/mol. The summed E-state index contributed by atoms with van der Waals surface area (Å²) < 4.78 is 23.0. The summed E-state index contributed by atoms with van der Waals surface area (Å²) in [7, 11) is -3.17. The van der Waals surface area contributed by atoms with E-state index in [1.54, 1.807) is 24.4 Å². The number of benzene rings is 1. The minimum absolute atomic E-state index is 0.332. The number of pyridine rings is 1. The van der Waals surface area contributed by atoms with Crippen molar-refractivity contribution in [3.8, 4) is 11.1 Å². The molecule has 0 aliphatic heterocycles. The first-order valence-corrected chi connectivity index (χ1v) is 8.10. The number of hydrogen-bond donors (Lipinski definition) is 0. The van der Waals surface area contributed by atoms with Crippen molar-refractivity contribution in [1.82, 2.24) is 4.98 Å². The van der Waals surface area contributed by atoms with Crippen molar-refractivity contribution in [3.63, 3.8) is 0 Å². The average Bonchev–Trinajstić information content (AvgIpc) is 2.41. The molecule has 0 N–H and O–H groups in total. The highest BCUT2D eigenvalue weighted by Gasteiger charge is 2.09. The first-order chi connectivity index (χ1) is 8.98. The quantitative estimate of drug-likeness (QED) is 0.844. The fraction of sp³-hybridized carbons (Fsp3) is 0.267. The van der Waals surface area contributed by atoms with Gasteiger partial charge in [-0.2, -0.15) is 0 Å². The predicted octanol–water partition coefficient (Wildman–Crippen LogP) is 3.49. The molecule has 0 fully saturated rings. The van der Waals surface area contributed by atoms with E-state index in [9.17, 15) is 8.42 Å². The van der Waals surface area contributed by atoms with Crippen LogP contribution in [0.4, 0.5) is 0 Å². The van der Waals surface area contributed by atoms with Gasteiger partial charge in [0, 0.05) is 23.7 Å². The van der Waals surface area contributed by atoms with Crippen LogP contribution in [0.5, 0.6) is 0 Å². The Morgan fingerprint density at radius 3 is 2.32 bits per heavy atom. The zero-order valence-corrected chi connectivity index (χ0v) is 12.5. The minimum Gasteiger partial charge on any atom is -0.261 e. The van der Waals surface area contributed by atoms with E-state index in [1.807, 2.05) is 39.0 Å². The number of rotatable bonds is 2. The molecule has 2 rings (SSSR count). The predicted molar refractivity (Wildman–Crippen MR) is 78.9 cm³/mol. The van der Waals surface area contributed by atoms with Crippen LogP contribution in [0.3, 0.4) is 0 Å². The van der Waals surface area contributed by atoms with Gasteiger partial charge in [0.15, 0.2) is 9.84 Å². The van der Waals surface area contributed by atoms with Crippen molar-refractivity contribution in [2.45, 2.75) is 25.7 Å². The second-order valence-electron chi connectivity index (χ2n) is 3.94. The van der Waals surface area contributed by atoms with Crippen LogP contribution in [-0.2, 0) is 9.84 Å². The lowest BCUT2D eigenvalue weighted by molar-refractivity contribution is 0.602. The maximum Gasteiger partial charge on any atom is 0.175 e. The third-order valence-electron chi connectivity index (χ3n) is 2.58. The van der Waals surface area contributed by atoms with Gasteiger partial charge in [-0.1, -0.05) is 32.0 Å². The largest absolute Gasteiger partial charge is 0.261 e. The number of aromatic nitrogens is 1. The highest BCUT2D eigenvalue weighted by molar-refractivity contribution is 7.90. The van der Waals surface area contributed by atoms with Crippen LogP contribution in [0.1, 0.15) is 19.5 Å². The molecule has 0 aliphatic carbocycles. The highest BCUT2D eigenvalue weighted by atomic mass is 32.2. The molecule has 0 bridgehead atoms. The Hall–Kier alpha value is -1.68. The van der Waals surface area contributed by atoms with Gasteiger partial charge in [0.05, 0.1) is 4.90 Å². The topological polar surface area (TPSA) is 47.0 Å². The van der Waals surface area contributed by atoms with Gasteiger partial charge in [0.25, 0.3) is 0 Å². The number of nitrogens with zero attached hydrogens (tertiary/aromatic N) is 1. The van der Waals surface area contributed by atoms with E-state index in [-0.39, 0.29) is 0 Å². The van der Waals surface area contributed by atoms with E-state index in [0.717, 1.165) is 16.8 Å². The Morgan fingerprint density at radius 2 is 1.74 bits per heavy atom. The van der Waals surface area contributed by atoms with Gasteiger partial charge < -0.3 is 0 Å². The summed E-state index contributed by atoms with van der Waals surface area (Å²) in [5.74, 6) is 0. The van der Waals surface area contributed by atoms with Crippen LogP contribution in [-0.4, -0.2) is 19.7 Å². The summed E-state index contributed by atoms with van der Waals surface area (Å²) >= 11 is 0. The van der Waals surface area contributed by atoms with Crippen LogP contribution >= 0.6 is 0 Å². The molecule has 0 unspecified atom stereocenters. The van der Waals surface area contributed by atoms with Gasteiger partial charge in [0.1, 0.15) is 0 Å². The lowest BCUT2D eigenvalue weighted by Crippen LogP contribution is -1.97. The Labute approximate surface area is 115 Å². The van der Waals surface area contributed by atoms with Crippen LogP contribution < -0.4 is 0 Å². The van der Waals surface area contributed by atoms with E-state index >= 15 is 0 Å². The summed E-state index contributed by atoms with van der Waals surface area (Å²) in [6.07, 6.45) is 2.93. The number of sulfone groups is 1. The molecule has 19 heavy (non-hydrogen) atoms. The molecule has 0 radical (unpaired) electrons. The van der Waals surface area contributed by atoms with Crippen LogP contribution in [0.2, 0.25) is 0 Å². The molecule has 0 saturated heterocycles. The molecule has 0 amide bonds. The first-order valence-electron chi connectivity index (χ1n) is 6.20. The summed E-state index contributed by atoms with van der Waals surface area (Å²) in [5.41, 5.74) is 2.72. The van der Waals surface area contributed by atoms with E-state index in [1.165, 1.54) is 6.26 Å². The molecule has 3 nitrogen and oxygen atoms in total. The van der Waals surface area contributed by atoms with Crippen LogP contribution in [0.25, 0.3) is 11.1 Å². The molecule has 0 atom stereocenters. The van der Waals surface area contributed by atoms with Gasteiger partial charge in [-0.15, -0.1) is 0 Å². The van der Waals surface area contributed by atoms with E-state index in [0.29, 0.717) is 4.90 Å². The van der Waals surface area contributed by atoms with Gasteiger partial charge >= 0.3 is 0 Å². The third kappa shape index (κ3) is 3.89. The molecular formula is C15H19NO2S. The van der Waals surface area contributed by atoms with Crippen molar-refractivity contribution in [2.24, 2.45) is 0 Å². The first kappa shape index (κ1) is 15.4. The maximum absolute atomic E-state index is 11.5. The van der Waals surface area contributed by atoms with Crippen molar-refractivity contribution < 1.29 is 8.42 Å². The Bertz CT molecular complexity index is 649. The molecule has 0 spiro atoms. The molecule has 102 valence electrons. The zero-order valence-electron chi connectivity index (χ0n) is 11.7. The molecular weight excluding hydrogens is 258 g/mol. The zero-order chi connectivity index (χ0) is 14.5. The van der Waals surface area contributed by atoms with Gasteiger partial charge in [0.2, 0.25) is 0 Å². The average molecular weight is 277 g/mol. The molecule has 4 heteroatoms. The lowest BCUT2D eigenvalue weighted by atomic mass is 10.1. The summed E-state index contributed by atoms with van der Waals surface area (Å²) in [6.45, 7) is 5.91. The Balaban J connectivity index is 0.000000861. The molecule has 1 aromatic heterocycles. The second-order valence-corrected chi connectivity index (χ2v) is 5.95. The summed E-state index contributed by atoms with van der Waals surface area (Å²) in [4.78, 5) is 4.53. The Kier molecular flexibility index (Phi) is 5.24. The highest BCUT2D eigenvalue weighted by Crippen LogP contribution is 2.24. The van der Waals surface area contributed by atoms with Gasteiger partial charge in [-0.25, -0.2) is 8.42 Å². The maximum atomic E-state index is 11.5.